The second-order valence-corrected chi connectivity index (χ2v) is 7.26. The third-order valence-corrected chi connectivity index (χ3v) is 5.79. The fourth-order valence-corrected chi connectivity index (χ4v) is 5.15. The van der Waals surface area contributed by atoms with Crippen LogP contribution in [0.4, 0.5) is 5.69 Å². The molecule has 7 heteroatoms. The molecular weight excluding hydrogens is 266 g/mol. The average Bonchev–Trinajstić information content (AvgIpc) is 2.53. The first-order valence-corrected chi connectivity index (χ1v) is 8.45. The van der Waals surface area contributed by atoms with E-state index in [9.17, 15) is 13.2 Å². The lowest BCUT2D eigenvalue weighted by Gasteiger charge is -2.00. The van der Waals surface area contributed by atoms with Gasteiger partial charge in [0.1, 0.15) is 4.90 Å². The Bertz CT molecular complexity index is 516. The molecule has 90 valence electrons. The first-order chi connectivity index (χ1) is 7.32. The van der Waals surface area contributed by atoms with Crippen LogP contribution in [0.5, 0.6) is 0 Å². The van der Waals surface area contributed by atoms with Crippen molar-refractivity contribution in [1.29, 1.82) is 0 Å². The third kappa shape index (κ3) is 2.41. The Morgan fingerprint density at radius 1 is 1.50 bits per heavy atom. The number of thiophene rings is 1. The van der Waals surface area contributed by atoms with Gasteiger partial charge in [-0.15, -0.1) is 23.1 Å². The van der Waals surface area contributed by atoms with E-state index >= 15 is 0 Å². The summed E-state index contributed by atoms with van der Waals surface area (Å²) in [6.07, 6.45) is 3.19. The number of nitrogens with two attached hydrogens (primary N) is 1. The highest BCUT2D eigenvalue weighted by Gasteiger charge is 2.25. The minimum Gasteiger partial charge on any atom is -0.396 e. The Morgan fingerprint density at radius 3 is 2.38 bits per heavy atom. The van der Waals surface area contributed by atoms with E-state index in [2.05, 4.69) is 0 Å². The van der Waals surface area contributed by atoms with Crippen molar-refractivity contribution in [3.63, 3.8) is 0 Å². The lowest BCUT2D eigenvalue weighted by atomic mass is 10.2. The predicted molar refractivity (Wildman–Crippen MR) is 68.2 cm³/mol. The van der Waals surface area contributed by atoms with Gasteiger partial charge in [-0.2, -0.15) is 0 Å². The summed E-state index contributed by atoms with van der Waals surface area (Å²) in [5, 5.41) is 0. The quantitative estimate of drug-likeness (QED) is 0.674. The molecule has 0 radical (unpaired) electrons. The molecule has 0 aromatic carbocycles. The highest BCUT2D eigenvalue weighted by atomic mass is 32.2. The van der Waals surface area contributed by atoms with Crippen LogP contribution in [-0.2, 0) is 9.84 Å². The number of rotatable bonds is 4. The summed E-state index contributed by atoms with van der Waals surface area (Å²) in [5.74, 6) is -0.118. The van der Waals surface area contributed by atoms with E-state index in [0.29, 0.717) is 15.5 Å². The summed E-state index contributed by atoms with van der Waals surface area (Å²) in [6.45, 7) is 1.72. The zero-order chi connectivity index (χ0) is 12.5. The fraction of sp³-hybridized carbons (Fsp3) is 0.444. The lowest BCUT2D eigenvalue weighted by Crippen LogP contribution is -2.04. The Morgan fingerprint density at radius 2 is 2.06 bits per heavy atom. The van der Waals surface area contributed by atoms with E-state index in [1.54, 1.807) is 13.2 Å². The molecule has 1 heterocycles. The molecule has 0 saturated heterocycles. The first kappa shape index (κ1) is 13.5. The molecule has 0 aliphatic rings. The zero-order valence-corrected chi connectivity index (χ0v) is 11.7. The van der Waals surface area contributed by atoms with Gasteiger partial charge < -0.3 is 5.73 Å². The number of sulfone groups is 1. The van der Waals surface area contributed by atoms with E-state index in [1.807, 2.05) is 0 Å². The Labute approximate surface area is 103 Å². The Kier molecular flexibility index (Phi) is 4.03. The summed E-state index contributed by atoms with van der Waals surface area (Å²) in [4.78, 5) is 12.0. The van der Waals surface area contributed by atoms with Gasteiger partial charge in [0.2, 0.25) is 0 Å². The van der Waals surface area contributed by atoms with Gasteiger partial charge in [0.15, 0.2) is 15.6 Å². The molecule has 0 atom stereocenters. The molecule has 0 unspecified atom stereocenters. The first-order valence-electron chi connectivity index (χ1n) is 4.52. The Hall–Kier alpha value is -0.530. The van der Waals surface area contributed by atoms with Crippen molar-refractivity contribution in [2.24, 2.45) is 0 Å². The number of hydrogen-bond acceptors (Lipinski definition) is 6. The van der Waals surface area contributed by atoms with Crippen LogP contribution in [0.15, 0.2) is 9.10 Å². The lowest BCUT2D eigenvalue weighted by molar-refractivity contribution is 0.0992. The van der Waals surface area contributed by atoms with Crippen LogP contribution in [-0.4, -0.2) is 26.7 Å². The smallest absolute Gasteiger partial charge is 0.179 e. The molecule has 1 rings (SSSR count). The topological polar surface area (TPSA) is 77.2 Å². The summed E-state index contributed by atoms with van der Waals surface area (Å²) in [5.41, 5.74) is 5.84. The van der Waals surface area contributed by atoms with Crippen LogP contribution in [0.2, 0.25) is 0 Å². The second kappa shape index (κ2) is 4.77. The Balaban J connectivity index is 3.51. The van der Waals surface area contributed by atoms with E-state index < -0.39 is 9.84 Å². The molecule has 0 aliphatic carbocycles. The molecule has 1 aromatic heterocycles. The molecule has 2 N–H and O–H groups in total. The maximum absolute atomic E-state index is 11.6. The molecule has 0 spiro atoms. The average molecular weight is 279 g/mol. The van der Waals surface area contributed by atoms with Gasteiger partial charge in [-0.05, 0) is 6.26 Å². The summed E-state index contributed by atoms with van der Waals surface area (Å²) in [7, 11) is -3.38. The number of hydrogen-bond donors (Lipinski definition) is 1. The number of carbonyl (C=O) groups excluding carboxylic acids is 1. The molecular formula is C9H13NO3S3. The van der Waals surface area contributed by atoms with Gasteiger partial charge in [-0.3, -0.25) is 4.79 Å². The molecule has 0 aliphatic heterocycles. The molecule has 0 amide bonds. The SMILES string of the molecule is CCC(=O)c1sc(SC)c(S(C)(=O)=O)c1N. The highest BCUT2D eigenvalue weighted by Crippen LogP contribution is 2.40. The number of thioether (sulfide) groups is 1. The monoisotopic (exact) mass is 279 g/mol. The largest absolute Gasteiger partial charge is 0.396 e. The van der Waals surface area contributed by atoms with Crippen LogP contribution >= 0.6 is 23.1 Å². The summed E-state index contributed by atoms with van der Waals surface area (Å²) in [6, 6.07) is 0. The van der Waals surface area contributed by atoms with Crippen LogP contribution in [0.1, 0.15) is 23.0 Å². The van der Waals surface area contributed by atoms with E-state index in [4.69, 9.17) is 5.73 Å². The molecule has 0 saturated carbocycles. The molecule has 0 fully saturated rings. The van der Waals surface area contributed by atoms with E-state index in [1.165, 1.54) is 11.8 Å². The number of carbonyl (C=O) groups is 1. The van der Waals surface area contributed by atoms with Crippen molar-refractivity contribution >= 4 is 44.4 Å². The van der Waals surface area contributed by atoms with Gasteiger partial charge >= 0.3 is 0 Å². The number of nitrogen functional groups attached to an aromatic ring is 1. The van der Waals surface area contributed by atoms with Gasteiger partial charge in [-0.25, -0.2) is 8.42 Å². The normalized spacial score (nSPS) is 11.7. The minimum atomic E-state index is -3.38. The standard InChI is InChI=1S/C9H13NO3S3/c1-4-5(11)7-6(10)8(16(3,12)13)9(14-2)15-7/h4,10H2,1-3H3. The highest BCUT2D eigenvalue weighted by molar-refractivity contribution is 8.01. The van der Waals surface area contributed by atoms with Crippen molar-refractivity contribution in [3.8, 4) is 0 Å². The van der Waals surface area contributed by atoms with Gasteiger partial charge in [0.05, 0.1) is 14.8 Å². The van der Waals surface area contributed by atoms with Gasteiger partial charge in [-0.1, -0.05) is 6.92 Å². The van der Waals surface area contributed by atoms with Crippen molar-refractivity contribution in [3.05, 3.63) is 4.88 Å². The molecule has 16 heavy (non-hydrogen) atoms. The summed E-state index contributed by atoms with van der Waals surface area (Å²) >= 11 is 2.45. The molecule has 0 bridgehead atoms. The number of Topliss-reactive ketones (excluding diaryl/α,β-unsaturated/α-hetero) is 1. The van der Waals surface area contributed by atoms with Crippen molar-refractivity contribution in [2.75, 3.05) is 18.2 Å². The molecule has 4 nitrogen and oxygen atoms in total. The van der Waals surface area contributed by atoms with Crippen molar-refractivity contribution in [1.82, 2.24) is 0 Å². The number of ketones is 1. The minimum absolute atomic E-state index is 0.0989. The van der Waals surface area contributed by atoms with Crippen molar-refractivity contribution < 1.29 is 13.2 Å². The fourth-order valence-electron chi connectivity index (χ4n) is 1.26. The molecule has 1 aromatic rings. The van der Waals surface area contributed by atoms with E-state index in [0.717, 1.165) is 17.6 Å². The van der Waals surface area contributed by atoms with Gasteiger partial charge in [0, 0.05) is 12.7 Å². The third-order valence-electron chi connectivity index (χ3n) is 2.00. The zero-order valence-electron chi connectivity index (χ0n) is 9.23. The maximum Gasteiger partial charge on any atom is 0.179 e. The van der Waals surface area contributed by atoms with Crippen LogP contribution < -0.4 is 5.73 Å². The number of anilines is 1. The summed E-state index contributed by atoms with van der Waals surface area (Å²) < 4.78 is 23.7. The second-order valence-electron chi connectivity index (χ2n) is 3.21. The van der Waals surface area contributed by atoms with Gasteiger partial charge in [0.25, 0.3) is 0 Å². The van der Waals surface area contributed by atoms with Crippen LogP contribution in [0.25, 0.3) is 0 Å². The maximum atomic E-state index is 11.6. The van der Waals surface area contributed by atoms with Crippen LogP contribution in [0.3, 0.4) is 0 Å². The van der Waals surface area contributed by atoms with Crippen molar-refractivity contribution in [2.45, 2.75) is 22.4 Å². The van der Waals surface area contributed by atoms with Crippen LogP contribution in [0, 0.1) is 0 Å². The van der Waals surface area contributed by atoms with E-state index in [-0.39, 0.29) is 16.4 Å². The predicted octanol–water partition coefficient (Wildman–Crippen LogP) is 2.05.